The second-order valence-electron chi connectivity index (χ2n) is 7.35. The van der Waals surface area contributed by atoms with Crippen molar-refractivity contribution < 1.29 is 9.13 Å². The summed E-state index contributed by atoms with van der Waals surface area (Å²) in [4.78, 5) is 11.7. The van der Waals surface area contributed by atoms with Crippen LogP contribution in [0.4, 0.5) is 4.39 Å². The van der Waals surface area contributed by atoms with Gasteiger partial charge in [0.15, 0.2) is 5.96 Å². The van der Waals surface area contributed by atoms with Crippen LogP contribution in [0, 0.1) is 12.7 Å². The normalized spacial score (nSPS) is 15.9. The number of halogens is 2. The summed E-state index contributed by atoms with van der Waals surface area (Å²) in [5, 5.41) is 10.0. The van der Waals surface area contributed by atoms with Crippen LogP contribution in [-0.4, -0.2) is 61.8 Å². The summed E-state index contributed by atoms with van der Waals surface area (Å²) in [7, 11) is 0. The van der Waals surface area contributed by atoms with Crippen molar-refractivity contribution >= 4 is 41.3 Å². The van der Waals surface area contributed by atoms with E-state index in [2.05, 4.69) is 32.8 Å². The van der Waals surface area contributed by atoms with Gasteiger partial charge >= 0.3 is 0 Å². The molecule has 0 bridgehead atoms. The van der Waals surface area contributed by atoms with Gasteiger partial charge in [-0.2, -0.15) is 0 Å². The summed E-state index contributed by atoms with van der Waals surface area (Å²) in [5.74, 6) is 0.599. The largest absolute Gasteiger partial charge is 0.379 e. The smallest absolute Gasteiger partial charge is 0.191 e. The van der Waals surface area contributed by atoms with Crippen LogP contribution >= 0.6 is 35.3 Å². The summed E-state index contributed by atoms with van der Waals surface area (Å²) < 4.78 is 18.9. The second-order valence-corrected chi connectivity index (χ2v) is 8.29. The first-order valence-electron chi connectivity index (χ1n) is 10.7. The first-order chi connectivity index (χ1) is 14.7. The summed E-state index contributed by atoms with van der Waals surface area (Å²) in [6.45, 7) is 9.48. The third-order valence-corrected chi connectivity index (χ3v) is 6.06. The molecule has 6 nitrogen and oxygen atoms in total. The van der Waals surface area contributed by atoms with Gasteiger partial charge in [-0.05, 0) is 38.0 Å². The molecule has 172 valence electrons. The van der Waals surface area contributed by atoms with E-state index in [1.54, 1.807) is 11.3 Å². The summed E-state index contributed by atoms with van der Waals surface area (Å²) in [5.41, 5.74) is 2.17. The standard InChI is InChI=1S/C22H32FN5OS.HI/c1-3-24-22(25-10-4-5-21-27-17(2)16-30-21)26-15-20(28-11-13-29-14-12-28)18-6-8-19(23)9-7-18;/h6-9,16,20H,3-5,10-15H2,1-2H3,(H2,24,25,26);1H. The second kappa shape index (κ2) is 14.0. The van der Waals surface area contributed by atoms with E-state index in [4.69, 9.17) is 9.73 Å². The minimum atomic E-state index is -0.214. The van der Waals surface area contributed by atoms with E-state index in [1.165, 1.54) is 17.1 Å². The number of benzene rings is 1. The molecule has 0 spiro atoms. The SMILES string of the molecule is CCNC(=NCC(c1ccc(F)cc1)N1CCOCC1)NCCCc1nc(C)cs1.I. The number of morpholine rings is 1. The molecule has 1 aliphatic rings. The van der Waals surface area contributed by atoms with Crippen molar-refractivity contribution in [3.05, 3.63) is 51.7 Å². The Kier molecular flexibility index (Phi) is 11.7. The Hall–Kier alpha value is -1.30. The number of hydrogen-bond acceptors (Lipinski definition) is 5. The van der Waals surface area contributed by atoms with Crippen molar-refractivity contribution in [3.8, 4) is 0 Å². The number of rotatable bonds is 9. The Bertz CT molecular complexity index is 795. The van der Waals surface area contributed by atoms with E-state index in [0.29, 0.717) is 6.54 Å². The highest BCUT2D eigenvalue weighted by molar-refractivity contribution is 14.0. The molecule has 0 amide bonds. The van der Waals surface area contributed by atoms with Gasteiger partial charge in [0.2, 0.25) is 0 Å². The fourth-order valence-electron chi connectivity index (χ4n) is 3.49. The molecule has 1 saturated heterocycles. The molecule has 0 radical (unpaired) electrons. The lowest BCUT2D eigenvalue weighted by Crippen LogP contribution is -2.42. The Morgan fingerprint density at radius 2 is 2.00 bits per heavy atom. The zero-order valence-corrected chi connectivity index (χ0v) is 21.4. The molecule has 3 rings (SSSR count). The Labute approximate surface area is 205 Å². The van der Waals surface area contributed by atoms with Crippen molar-refractivity contribution in [2.45, 2.75) is 32.7 Å². The number of hydrogen-bond donors (Lipinski definition) is 2. The minimum Gasteiger partial charge on any atom is -0.379 e. The van der Waals surface area contributed by atoms with Crippen molar-refractivity contribution in [3.63, 3.8) is 0 Å². The number of thiazole rings is 1. The van der Waals surface area contributed by atoms with E-state index >= 15 is 0 Å². The number of aromatic nitrogens is 1. The summed E-state index contributed by atoms with van der Waals surface area (Å²) in [6, 6.07) is 6.87. The number of nitrogens with one attached hydrogen (secondary N) is 2. The van der Waals surface area contributed by atoms with Crippen molar-refractivity contribution in [2.24, 2.45) is 4.99 Å². The Balaban J connectivity index is 0.00000341. The van der Waals surface area contributed by atoms with E-state index in [0.717, 1.165) is 69.5 Å². The van der Waals surface area contributed by atoms with Gasteiger partial charge in [0.05, 0.1) is 30.8 Å². The van der Waals surface area contributed by atoms with E-state index < -0.39 is 0 Å². The highest BCUT2D eigenvalue weighted by atomic mass is 127. The lowest BCUT2D eigenvalue weighted by molar-refractivity contribution is 0.0179. The molecule has 31 heavy (non-hydrogen) atoms. The quantitative estimate of drug-likeness (QED) is 0.211. The van der Waals surface area contributed by atoms with Gasteiger partial charge < -0.3 is 15.4 Å². The van der Waals surface area contributed by atoms with Crippen LogP contribution in [0.3, 0.4) is 0 Å². The summed E-state index contributed by atoms with van der Waals surface area (Å²) >= 11 is 1.72. The van der Waals surface area contributed by atoms with Gasteiger partial charge in [-0.15, -0.1) is 35.3 Å². The monoisotopic (exact) mass is 561 g/mol. The van der Waals surface area contributed by atoms with E-state index in [9.17, 15) is 4.39 Å². The molecule has 9 heteroatoms. The molecule has 1 aromatic carbocycles. The van der Waals surface area contributed by atoms with Gasteiger partial charge in [-0.25, -0.2) is 9.37 Å². The molecule has 1 fully saturated rings. The number of nitrogens with zero attached hydrogens (tertiary/aromatic N) is 3. The van der Waals surface area contributed by atoms with Crippen LogP contribution in [0.5, 0.6) is 0 Å². The van der Waals surface area contributed by atoms with Crippen LogP contribution in [0.15, 0.2) is 34.6 Å². The molecule has 0 saturated carbocycles. The number of guanidine groups is 1. The van der Waals surface area contributed by atoms with Crippen molar-refractivity contribution in [2.75, 3.05) is 45.9 Å². The topological polar surface area (TPSA) is 61.8 Å². The lowest BCUT2D eigenvalue weighted by Gasteiger charge is -2.34. The third-order valence-electron chi connectivity index (χ3n) is 5.03. The molecule has 2 heterocycles. The maximum absolute atomic E-state index is 13.4. The molecule has 2 aromatic rings. The molecule has 1 aromatic heterocycles. The maximum atomic E-state index is 13.4. The first-order valence-corrected chi connectivity index (χ1v) is 11.5. The minimum absolute atomic E-state index is 0. The predicted molar refractivity (Wildman–Crippen MR) is 136 cm³/mol. The van der Waals surface area contributed by atoms with Crippen LogP contribution in [0.1, 0.15) is 35.7 Å². The van der Waals surface area contributed by atoms with Crippen LogP contribution in [0.25, 0.3) is 0 Å². The van der Waals surface area contributed by atoms with E-state index in [-0.39, 0.29) is 35.8 Å². The van der Waals surface area contributed by atoms with Gasteiger partial charge in [0.25, 0.3) is 0 Å². The molecular formula is C22H33FIN5OS. The summed E-state index contributed by atoms with van der Waals surface area (Å²) in [6.07, 6.45) is 1.97. The highest BCUT2D eigenvalue weighted by Crippen LogP contribution is 2.22. The van der Waals surface area contributed by atoms with Gasteiger partial charge in [-0.1, -0.05) is 12.1 Å². The Morgan fingerprint density at radius 1 is 1.26 bits per heavy atom. The average Bonchev–Trinajstić information content (AvgIpc) is 3.18. The zero-order chi connectivity index (χ0) is 21.2. The van der Waals surface area contributed by atoms with Crippen molar-refractivity contribution in [1.82, 2.24) is 20.5 Å². The Morgan fingerprint density at radius 3 is 2.65 bits per heavy atom. The van der Waals surface area contributed by atoms with E-state index in [1.807, 2.05) is 19.1 Å². The van der Waals surface area contributed by atoms with Crippen LogP contribution < -0.4 is 10.6 Å². The van der Waals surface area contributed by atoms with Gasteiger partial charge in [-0.3, -0.25) is 9.89 Å². The average molecular weight is 562 g/mol. The lowest BCUT2D eigenvalue weighted by atomic mass is 10.0. The van der Waals surface area contributed by atoms with Crippen LogP contribution in [-0.2, 0) is 11.2 Å². The third kappa shape index (κ3) is 8.63. The fraction of sp³-hybridized carbons (Fsp3) is 0.545. The maximum Gasteiger partial charge on any atom is 0.191 e. The number of aryl methyl sites for hydroxylation is 2. The molecule has 0 aliphatic carbocycles. The predicted octanol–water partition coefficient (Wildman–Crippen LogP) is 3.77. The number of aliphatic imine (C=N–C) groups is 1. The zero-order valence-electron chi connectivity index (χ0n) is 18.3. The fourth-order valence-corrected chi connectivity index (χ4v) is 4.31. The molecule has 1 aliphatic heterocycles. The first kappa shape index (κ1) is 26.0. The molecular weight excluding hydrogens is 528 g/mol. The van der Waals surface area contributed by atoms with Gasteiger partial charge in [0, 0.05) is 43.7 Å². The molecule has 1 atom stereocenters. The molecule has 2 N–H and O–H groups in total. The number of ether oxygens (including phenoxy) is 1. The van der Waals surface area contributed by atoms with Gasteiger partial charge in [0.1, 0.15) is 5.82 Å². The highest BCUT2D eigenvalue weighted by Gasteiger charge is 2.22. The van der Waals surface area contributed by atoms with Crippen LogP contribution in [0.2, 0.25) is 0 Å². The molecule has 1 unspecified atom stereocenters. The van der Waals surface area contributed by atoms with Crippen molar-refractivity contribution in [1.29, 1.82) is 0 Å².